The van der Waals surface area contributed by atoms with Crippen LogP contribution in [-0.2, 0) is 10.5 Å². The van der Waals surface area contributed by atoms with E-state index in [2.05, 4.69) is 5.32 Å². The second-order valence-electron chi connectivity index (χ2n) is 5.57. The van der Waals surface area contributed by atoms with Crippen LogP contribution in [0.3, 0.4) is 0 Å². The zero-order chi connectivity index (χ0) is 18.2. The van der Waals surface area contributed by atoms with Crippen LogP contribution in [0.1, 0.15) is 18.1 Å². The number of aryl methyl sites for hydroxylation is 1. The van der Waals surface area contributed by atoms with Crippen LogP contribution in [0.4, 0.5) is 0 Å². The topological polar surface area (TPSA) is 38.3 Å². The molecule has 25 heavy (non-hydrogen) atoms. The van der Waals surface area contributed by atoms with Crippen molar-refractivity contribution in [3.8, 4) is 5.75 Å². The van der Waals surface area contributed by atoms with E-state index >= 15 is 0 Å². The third-order valence-electron chi connectivity index (χ3n) is 3.62. The number of ether oxygens (including phenoxy) is 1. The van der Waals surface area contributed by atoms with Crippen molar-refractivity contribution in [3.05, 3.63) is 63.6 Å². The van der Waals surface area contributed by atoms with Crippen LogP contribution in [0, 0.1) is 6.92 Å². The van der Waals surface area contributed by atoms with Crippen LogP contribution < -0.4 is 10.1 Å². The largest absolute Gasteiger partial charge is 0.481 e. The fourth-order valence-electron chi connectivity index (χ4n) is 2.17. The Balaban J connectivity index is 1.71. The summed E-state index contributed by atoms with van der Waals surface area (Å²) in [6.07, 6.45) is -0.538. The van der Waals surface area contributed by atoms with Crippen LogP contribution in [0.2, 0.25) is 10.0 Å². The fraction of sp³-hybridized carbons (Fsp3) is 0.316. The lowest BCUT2D eigenvalue weighted by atomic mass is 10.2. The number of carbonyl (C=O) groups excluding carboxylic acids is 1. The summed E-state index contributed by atoms with van der Waals surface area (Å²) in [7, 11) is 0. The molecule has 0 radical (unpaired) electrons. The SMILES string of the molecule is Cc1ccccc1OC(C)C(=O)NCCSCc1c(Cl)cccc1Cl. The summed E-state index contributed by atoms with van der Waals surface area (Å²) in [5.41, 5.74) is 1.94. The van der Waals surface area contributed by atoms with Gasteiger partial charge in [-0.05, 0) is 43.2 Å². The van der Waals surface area contributed by atoms with E-state index in [1.807, 2.05) is 49.4 Å². The summed E-state index contributed by atoms with van der Waals surface area (Å²) in [6.45, 7) is 4.27. The summed E-state index contributed by atoms with van der Waals surface area (Å²) in [5, 5.41) is 4.23. The molecule has 134 valence electrons. The Labute approximate surface area is 163 Å². The Morgan fingerprint density at radius 3 is 2.52 bits per heavy atom. The van der Waals surface area contributed by atoms with E-state index in [1.165, 1.54) is 0 Å². The van der Waals surface area contributed by atoms with Gasteiger partial charge < -0.3 is 10.1 Å². The molecule has 0 bridgehead atoms. The molecule has 2 rings (SSSR count). The minimum absolute atomic E-state index is 0.125. The molecule has 0 saturated carbocycles. The number of carbonyl (C=O) groups is 1. The molecule has 0 aliphatic heterocycles. The number of benzene rings is 2. The molecule has 0 aromatic heterocycles. The van der Waals surface area contributed by atoms with Gasteiger partial charge in [0.2, 0.25) is 0 Å². The summed E-state index contributed by atoms with van der Waals surface area (Å²) < 4.78 is 5.71. The Bertz CT molecular complexity index is 704. The van der Waals surface area contributed by atoms with Crippen molar-refractivity contribution in [2.45, 2.75) is 25.7 Å². The first-order valence-electron chi connectivity index (χ1n) is 7.99. The Kier molecular flexibility index (Phi) is 7.94. The van der Waals surface area contributed by atoms with E-state index in [-0.39, 0.29) is 5.91 Å². The zero-order valence-electron chi connectivity index (χ0n) is 14.2. The molecule has 2 aromatic rings. The number of rotatable bonds is 8. The van der Waals surface area contributed by atoms with Crippen molar-refractivity contribution < 1.29 is 9.53 Å². The number of thioether (sulfide) groups is 1. The van der Waals surface area contributed by atoms with E-state index in [1.54, 1.807) is 18.7 Å². The highest BCUT2D eigenvalue weighted by molar-refractivity contribution is 7.98. The summed E-state index contributed by atoms with van der Waals surface area (Å²) >= 11 is 14.0. The minimum Gasteiger partial charge on any atom is -0.481 e. The standard InChI is InChI=1S/C19H21Cl2NO2S/c1-13-6-3-4-9-18(13)24-14(2)19(23)22-10-11-25-12-15-16(20)7-5-8-17(15)21/h3-9,14H,10-12H2,1-2H3,(H,22,23). The molecule has 0 fully saturated rings. The van der Waals surface area contributed by atoms with Crippen molar-refractivity contribution in [1.82, 2.24) is 5.32 Å². The molecule has 0 aliphatic carbocycles. The van der Waals surface area contributed by atoms with Gasteiger partial charge in [-0.15, -0.1) is 0 Å². The quantitative estimate of drug-likeness (QED) is 0.628. The van der Waals surface area contributed by atoms with Gasteiger partial charge in [0.25, 0.3) is 5.91 Å². The van der Waals surface area contributed by atoms with Crippen molar-refractivity contribution in [1.29, 1.82) is 0 Å². The third-order valence-corrected chi connectivity index (χ3v) is 5.31. The summed E-state index contributed by atoms with van der Waals surface area (Å²) in [5.74, 6) is 2.08. The summed E-state index contributed by atoms with van der Waals surface area (Å²) in [4.78, 5) is 12.1. The summed E-state index contributed by atoms with van der Waals surface area (Å²) in [6, 6.07) is 13.1. The first-order chi connectivity index (χ1) is 12.0. The van der Waals surface area contributed by atoms with E-state index in [9.17, 15) is 4.79 Å². The maximum Gasteiger partial charge on any atom is 0.260 e. The van der Waals surface area contributed by atoms with Crippen molar-refractivity contribution in [3.63, 3.8) is 0 Å². The maximum absolute atomic E-state index is 12.1. The van der Waals surface area contributed by atoms with Crippen LogP contribution in [0.25, 0.3) is 0 Å². The van der Waals surface area contributed by atoms with Crippen molar-refractivity contribution in [2.75, 3.05) is 12.3 Å². The van der Waals surface area contributed by atoms with Gasteiger partial charge in [0, 0.05) is 28.1 Å². The van der Waals surface area contributed by atoms with Gasteiger partial charge in [-0.2, -0.15) is 11.8 Å². The Morgan fingerprint density at radius 2 is 1.84 bits per heavy atom. The molecule has 0 saturated heterocycles. The smallest absolute Gasteiger partial charge is 0.260 e. The van der Waals surface area contributed by atoms with Gasteiger partial charge in [0.15, 0.2) is 6.10 Å². The molecular formula is C19H21Cl2NO2S. The molecule has 0 heterocycles. The van der Waals surface area contributed by atoms with Gasteiger partial charge in [0.05, 0.1) is 0 Å². The highest BCUT2D eigenvalue weighted by Gasteiger charge is 2.14. The number of nitrogens with one attached hydrogen (secondary N) is 1. The molecule has 6 heteroatoms. The van der Waals surface area contributed by atoms with E-state index in [0.717, 1.165) is 22.6 Å². The molecule has 1 atom stereocenters. The number of para-hydroxylation sites is 1. The average Bonchev–Trinajstić information content (AvgIpc) is 2.58. The highest BCUT2D eigenvalue weighted by Crippen LogP contribution is 2.28. The lowest BCUT2D eigenvalue weighted by Crippen LogP contribution is -2.37. The lowest BCUT2D eigenvalue weighted by Gasteiger charge is -2.16. The zero-order valence-corrected chi connectivity index (χ0v) is 16.5. The number of hydrogen-bond acceptors (Lipinski definition) is 3. The van der Waals surface area contributed by atoms with Gasteiger partial charge in [-0.3, -0.25) is 4.79 Å². The Morgan fingerprint density at radius 1 is 1.16 bits per heavy atom. The van der Waals surface area contributed by atoms with Gasteiger partial charge in [-0.25, -0.2) is 0 Å². The van der Waals surface area contributed by atoms with Gasteiger partial charge in [0.1, 0.15) is 5.75 Å². The van der Waals surface area contributed by atoms with E-state index < -0.39 is 6.10 Å². The number of amides is 1. The molecule has 0 spiro atoms. The lowest BCUT2D eigenvalue weighted by molar-refractivity contribution is -0.127. The van der Waals surface area contributed by atoms with Crippen LogP contribution in [0.15, 0.2) is 42.5 Å². The number of halogens is 2. The van der Waals surface area contributed by atoms with Crippen LogP contribution in [-0.4, -0.2) is 24.3 Å². The predicted molar refractivity (Wildman–Crippen MR) is 107 cm³/mol. The molecule has 0 aliphatic rings. The molecule has 1 unspecified atom stereocenters. The normalized spacial score (nSPS) is 11.8. The van der Waals surface area contributed by atoms with Crippen molar-refractivity contribution >= 4 is 40.9 Å². The molecule has 1 N–H and O–H groups in total. The highest BCUT2D eigenvalue weighted by atomic mass is 35.5. The number of hydrogen-bond donors (Lipinski definition) is 1. The van der Waals surface area contributed by atoms with Crippen LogP contribution in [0.5, 0.6) is 5.75 Å². The molecular weight excluding hydrogens is 377 g/mol. The van der Waals surface area contributed by atoms with Gasteiger partial charge in [-0.1, -0.05) is 47.5 Å². The Hall–Kier alpha value is -1.36. The molecule has 1 amide bonds. The monoisotopic (exact) mass is 397 g/mol. The molecule has 3 nitrogen and oxygen atoms in total. The first kappa shape index (κ1) is 20.0. The fourth-order valence-corrected chi connectivity index (χ4v) is 3.76. The first-order valence-corrected chi connectivity index (χ1v) is 9.90. The van der Waals surface area contributed by atoms with E-state index in [0.29, 0.717) is 22.3 Å². The van der Waals surface area contributed by atoms with Gasteiger partial charge >= 0.3 is 0 Å². The predicted octanol–water partition coefficient (Wildman–Crippen LogP) is 5.12. The average molecular weight is 398 g/mol. The van der Waals surface area contributed by atoms with E-state index in [4.69, 9.17) is 27.9 Å². The minimum atomic E-state index is -0.538. The van der Waals surface area contributed by atoms with Crippen molar-refractivity contribution in [2.24, 2.45) is 0 Å². The van der Waals surface area contributed by atoms with Crippen LogP contribution >= 0.6 is 35.0 Å². The molecule has 2 aromatic carbocycles. The maximum atomic E-state index is 12.1. The second kappa shape index (κ2) is 9.95. The third kappa shape index (κ3) is 6.14. The second-order valence-corrected chi connectivity index (χ2v) is 7.49.